The molecule has 0 fully saturated rings. The Balaban J connectivity index is 1.73. The third kappa shape index (κ3) is 3.57. The van der Waals surface area contributed by atoms with Gasteiger partial charge in [-0.1, -0.05) is 24.3 Å². The quantitative estimate of drug-likeness (QED) is 0.702. The van der Waals surface area contributed by atoms with Crippen molar-refractivity contribution in [2.24, 2.45) is 0 Å². The Morgan fingerprint density at radius 3 is 2.39 bits per heavy atom. The fraction of sp³-hybridized carbons (Fsp3) is 0.273. The molecule has 3 nitrogen and oxygen atoms in total. The van der Waals surface area contributed by atoms with Crippen LogP contribution in [0.5, 0.6) is 0 Å². The summed E-state index contributed by atoms with van der Waals surface area (Å²) in [5.74, 6) is 0. The molecule has 28 heavy (non-hydrogen) atoms. The number of rotatable bonds is 4. The SMILES string of the molecule is OCCN1CC=C(c2cn(-c3ccc(C(F)(F)F)cc3)c3ccccc23)CC1. The molecule has 0 unspecified atom stereocenters. The van der Waals surface area contributed by atoms with Gasteiger partial charge in [-0.05, 0) is 42.3 Å². The van der Waals surface area contributed by atoms with Crippen molar-refractivity contribution in [1.29, 1.82) is 0 Å². The van der Waals surface area contributed by atoms with Crippen molar-refractivity contribution in [3.8, 4) is 5.69 Å². The van der Waals surface area contributed by atoms with Gasteiger partial charge in [-0.25, -0.2) is 0 Å². The molecular formula is C22H21F3N2O. The van der Waals surface area contributed by atoms with Gasteiger partial charge >= 0.3 is 6.18 Å². The maximum Gasteiger partial charge on any atom is 0.416 e. The fourth-order valence-electron chi connectivity index (χ4n) is 3.76. The van der Waals surface area contributed by atoms with Crippen molar-refractivity contribution in [3.63, 3.8) is 0 Å². The predicted molar refractivity (Wildman–Crippen MR) is 104 cm³/mol. The van der Waals surface area contributed by atoms with E-state index in [1.807, 2.05) is 35.0 Å². The Bertz CT molecular complexity index is 1000. The van der Waals surface area contributed by atoms with Gasteiger partial charge < -0.3 is 9.67 Å². The van der Waals surface area contributed by atoms with Crippen LogP contribution >= 0.6 is 0 Å². The third-order valence-corrected chi connectivity index (χ3v) is 5.24. The molecule has 0 atom stereocenters. The van der Waals surface area contributed by atoms with Crippen LogP contribution in [0, 0.1) is 0 Å². The number of aliphatic hydroxyl groups is 1. The van der Waals surface area contributed by atoms with Gasteiger partial charge in [0.15, 0.2) is 0 Å². The van der Waals surface area contributed by atoms with Crippen LogP contribution in [0.15, 0.2) is 60.8 Å². The summed E-state index contributed by atoms with van der Waals surface area (Å²) in [4.78, 5) is 2.19. The van der Waals surface area contributed by atoms with Crippen LogP contribution < -0.4 is 0 Å². The minimum Gasteiger partial charge on any atom is -0.395 e. The lowest BCUT2D eigenvalue weighted by molar-refractivity contribution is -0.137. The standard InChI is InChI=1S/C22H21F3N2O/c23-22(24,25)17-5-7-18(8-6-17)27-15-20(19-3-1-2-4-21(19)27)16-9-11-26(12-10-16)13-14-28/h1-9,15,28H,10-14H2. The van der Waals surface area contributed by atoms with Crippen LogP contribution in [-0.2, 0) is 6.18 Å². The first kappa shape index (κ1) is 18.8. The average Bonchev–Trinajstić information content (AvgIpc) is 3.08. The molecule has 0 saturated heterocycles. The monoisotopic (exact) mass is 386 g/mol. The first-order valence-corrected chi connectivity index (χ1v) is 9.28. The Morgan fingerprint density at radius 2 is 1.75 bits per heavy atom. The third-order valence-electron chi connectivity index (χ3n) is 5.24. The molecule has 1 aliphatic rings. The minimum atomic E-state index is -4.34. The average molecular weight is 386 g/mol. The molecule has 2 aromatic carbocycles. The summed E-state index contributed by atoms with van der Waals surface area (Å²) in [6.07, 6.45) is 0.732. The molecule has 0 radical (unpaired) electrons. The first-order chi connectivity index (χ1) is 13.5. The lowest BCUT2D eigenvalue weighted by Gasteiger charge is -2.25. The van der Waals surface area contributed by atoms with E-state index in [0.29, 0.717) is 12.2 Å². The number of alkyl halides is 3. The summed E-state index contributed by atoms with van der Waals surface area (Å²) in [6.45, 7) is 2.48. The van der Waals surface area contributed by atoms with Gasteiger partial charge in [0.1, 0.15) is 0 Å². The number of β-amino-alcohol motifs (C(OH)–C–C–N with tert-alkyl or cyclic N) is 1. The van der Waals surface area contributed by atoms with E-state index in [0.717, 1.165) is 48.1 Å². The van der Waals surface area contributed by atoms with Gasteiger partial charge in [0.25, 0.3) is 0 Å². The molecule has 2 heterocycles. The Hall–Kier alpha value is -2.57. The van der Waals surface area contributed by atoms with Crippen LogP contribution in [0.3, 0.4) is 0 Å². The summed E-state index contributed by atoms with van der Waals surface area (Å²) in [7, 11) is 0. The van der Waals surface area contributed by atoms with Gasteiger partial charge in [-0.15, -0.1) is 0 Å². The lowest BCUT2D eigenvalue weighted by Crippen LogP contribution is -2.31. The molecule has 0 aliphatic carbocycles. The number of benzene rings is 2. The summed E-state index contributed by atoms with van der Waals surface area (Å²) in [5, 5.41) is 10.2. The second-order valence-corrected chi connectivity index (χ2v) is 6.98. The molecule has 1 aromatic heterocycles. The summed E-state index contributed by atoms with van der Waals surface area (Å²) >= 11 is 0. The first-order valence-electron chi connectivity index (χ1n) is 9.28. The van der Waals surface area contributed by atoms with Crippen molar-refractivity contribution in [2.45, 2.75) is 12.6 Å². The molecule has 0 spiro atoms. The summed E-state index contributed by atoms with van der Waals surface area (Å²) in [5.41, 5.74) is 3.37. The molecule has 0 amide bonds. The molecule has 4 rings (SSSR count). The van der Waals surface area contributed by atoms with E-state index in [1.54, 1.807) is 0 Å². The number of halogens is 3. The molecule has 146 valence electrons. The second kappa shape index (κ2) is 7.45. The molecule has 1 N–H and O–H groups in total. The van der Waals surface area contributed by atoms with Gasteiger partial charge in [-0.2, -0.15) is 13.2 Å². The van der Waals surface area contributed by atoms with Gasteiger partial charge in [0.2, 0.25) is 0 Å². The maximum absolute atomic E-state index is 12.9. The van der Waals surface area contributed by atoms with Gasteiger partial charge in [0.05, 0.1) is 17.7 Å². The van der Waals surface area contributed by atoms with E-state index in [4.69, 9.17) is 5.11 Å². The van der Waals surface area contributed by atoms with Crippen molar-refractivity contribution >= 4 is 16.5 Å². The summed E-state index contributed by atoms with van der Waals surface area (Å²) in [6, 6.07) is 13.2. The van der Waals surface area contributed by atoms with E-state index in [2.05, 4.69) is 11.0 Å². The zero-order valence-electron chi connectivity index (χ0n) is 15.3. The number of para-hydroxylation sites is 1. The number of hydrogen-bond donors (Lipinski definition) is 1. The number of aromatic nitrogens is 1. The van der Waals surface area contributed by atoms with E-state index in [-0.39, 0.29) is 6.61 Å². The van der Waals surface area contributed by atoms with Crippen molar-refractivity contribution in [1.82, 2.24) is 9.47 Å². The number of aliphatic hydroxyl groups excluding tert-OH is 1. The summed E-state index contributed by atoms with van der Waals surface area (Å²) < 4.78 is 40.6. The molecular weight excluding hydrogens is 365 g/mol. The highest BCUT2D eigenvalue weighted by Crippen LogP contribution is 2.34. The Kier molecular flexibility index (Phi) is 5.00. The van der Waals surface area contributed by atoms with Crippen LogP contribution in [0.25, 0.3) is 22.2 Å². The highest BCUT2D eigenvalue weighted by atomic mass is 19.4. The van der Waals surface area contributed by atoms with E-state index in [9.17, 15) is 13.2 Å². The Morgan fingerprint density at radius 1 is 1.00 bits per heavy atom. The van der Waals surface area contributed by atoms with E-state index in [1.165, 1.54) is 17.7 Å². The zero-order chi connectivity index (χ0) is 19.7. The number of nitrogens with zero attached hydrogens (tertiary/aromatic N) is 2. The maximum atomic E-state index is 12.9. The molecule has 1 aliphatic heterocycles. The smallest absolute Gasteiger partial charge is 0.395 e. The van der Waals surface area contributed by atoms with Crippen molar-refractivity contribution < 1.29 is 18.3 Å². The van der Waals surface area contributed by atoms with Crippen molar-refractivity contribution in [3.05, 3.63) is 71.9 Å². The largest absolute Gasteiger partial charge is 0.416 e. The molecule has 0 bridgehead atoms. The normalized spacial score (nSPS) is 15.8. The van der Waals surface area contributed by atoms with E-state index < -0.39 is 11.7 Å². The predicted octanol–water partition coefficient (Wildman–Crippen LogP) is 4.73. The van der Waals surface area contributed by atoms with Crippen LogP contribution in [0.1, 0.15) is 17.5 Å². The lowest BCUT2D eigenvalue weighted by atomic mass is 9.99. The Labute approximate surface area is 161 Å². The van der Waals surface area contributed by atoms with Crippen LogP contribution in [0.4, 0.5) is 13.2 Å². The molecule has 3 aromatic rings. The zero-order valence-corrected chi connectivity index (χ0v) is 15.3. The number of hydrogen-bond acceptors (Lipinski definition) is 2. The molecule has 0 saturated carbocycles. The van der Waals surface area contributed by atoms with Crippen molar-refractivity contribution in [2.75, 3.05) is 26.2 Å². The minimum absolute atomic E-state index is 0.149. The second-order valence-electron chi connectivity index (χ2n) is 6.98. The van der Waals surface area contributed by atoms with Crippen LogP contribution in [0.2, 0.25) is 0 Å². The van der Waals surface area contributed by atoms with E-state index >= 15 is 0 Å². The molecule has 6 heteroatoms. The van der Waals surface area contributed by atoms with Crippen LogP contribution in [-0.4, -0.2) is 40.8 Å². The van der Waals surface area contributed by atoms with Gasteiger partial charge in [0, 0.05) is 42.5 Å². The number of fused-ring (bicyclic) bond motifs is 1. The topological polar surface area (TPSA) is 28.4 Å². The fourth-order valence-corrected chi connectivity index (χ4v) is 3.76. The highest BCUT2D eigenvalue weighted by molar-refractivity contribution is 5.94. The highest BCUT2D eigenvalue weighted by Gasteiger charge is 2.30. The van der Waals surface area contributed by atoms with Gasteiger partial charge in [-0.3, -0.25) is 4.90 Å².